The summed E-state index contributed by atoms with van der Waals surface area (Å²) in [7, 11) is 0. The maximum absolute atomic E-state index is 11.9. The van der Waals surface area contributed by atoms with Gasteiger partial charge in [0, 0.05) is 18.2 Å². The summed E-state index contributed by atoms with van der Waals surface area (Å²) in [6, 6.07) is 7.90. The number of nitrogens with one attached hydrogen (secondary N) is 1. The van der Waals surface area contributed by atoms with Gasteiger partial charge >= 0.3 is 0 Å². The summed E-state index contributed by atoms with van der Waals surface area (Å²) in [6.45, 7) is 1.99. The van der Waals surface area contributed by atoms with Crippen LogP contribution in [0.1, 0.15) is 12.1 Å². The van der Waals surface area contributed by atoms with Crippen molar-refractivity contribution in [3.05, 3.63) is 51.4 Å². The van der Waals surface area contributed by atoms with Gasteiger partial charge in [0.15, 0.2) is 0 Å². The van der Waals surface area contributed by atoms with Crippen LogP contribution in [0.3, 0.4) is 0 Å². The number of benzene rings is 1. The Morgan fingerprint density at radius 2 is 2.14 bits per heavy atom. The predicted octanol–water partition coefficient (Wildman–Crippen LogP) is 1.82. The molecule has 0 radical (unpaired) electrons. The van der Waals surface area contributed by atoms with Gasteiger partial charge in [-0.15, -0.1) is 0 Å². The van der Waals surface area contributed by atoms with E-state index in [0.717, 1.165) is 5.69 Å². The molecule has 0 atom stereocenters. The summed E-state index contributed by atoms with van der Waals surface area (Å²) >= 11 is 5.97. The Morgan fingerprint density at radius 1 is 1.38 bits per heavy atom. The third kappa shape index (κ3) is 4.06. The molecule has 7 heteroatoms. The second-order valence-corrected chi connectivity index (χ2v) is 4.98. The lowest BCUT2D eigenvalue weighted by atomic mass is 10.2. The number of carbonyl (C=O) groups is 1. The molecule has 21 heavy (non-hydrogen) atoms. The second kappa shape index (κ2) is 6.41. The standard InChI is InChI=1S/C14H15ClN4O2/c1-9-2-5-14(21)19(18-9)7-6-13(20)17-12-4-3-10(16)8-11(12)15/h2-5,8H,6-7,16H2,1H3,(H,17,20). The van der Waals surface area contributed by atoms with Crippen LogP contribution in [0.4, 0.5) is 11.4 Å². The van der Waals surface area contributed by atoms with E-state index in [2.05, 4.69) is 10.4 Å². The van der Waals surface area contributed by atoms with E-state index in [9.17, 15) is 9.59 Å². The monoisotopic (exact) mass is 306 g/mol. The number of rotatable bonds is 4. The second-order valence-electron chi connectivity index (χ2n) is 4.57. The van der Waals surface area contributed by atoms with Crippen molar-refractivity contribution in [2.24, 2.45) is 0 Å². The van der Waals surface area contributed by atoms with Crippen molar-refractivity contribution in [1.82, 2.24) is 9.78 Å². The van der Waals surface area contributed by atoms with Crippen LogP contribution in [0.25, 0.3) is 0 Å². The van der Waals surface area contributed by atoms with Crippen LogP contribution in [0, 0.1) is 6.92 Å². The van der Waals surface area contributed by atoms with E-state index in [1.165, 1.54) is 10.7 Å². The summed E-state index contributed by atoms with van der Waals surface area (Å²) in [6.07, 6.45) is 0.122. The van der Waals surface area contributed by atoms with Gasteiger partial charge in [-0.2, -0.15) is 5.10 Å². The number of aromatic nitrogens is 2. The molecule has 1 aromatic carbocycles. The first-order valence-corrected chi connectivity index (χ1v) is 6.73. The SMILES string of the molecule is Cc1ccc(=O)n(CCC(=O)Nc2ccc(N)cc2Cl)n1. The van der Waals surface area contributed by atoms with Gasteiger partial charge < -0.3 is 11.1 Å². The molecule has 0 fully saturated rings. The Bertz CT molecular complexity index is 727. The van der Waals surface area contributed by atoms with Crippen LogP contribution >= 0.6 is 11.6 Å². The van der Waals surface area contributed by atoms with Crippen LogP contribution in [-0.2, 0) is 11.3 Å². The number of amides is 1. The highest BCUT2D eigenvalue weighted by Gasteiger charge is 2.07. The molecule has 1 heterocycles. The van der Waals surface area contributed by atoms with Gasteiger partial charge in [-0.05, 0) is 31.2 Å². The molecule has 0 aliphatic carbocycles. The number of hydrogen-bond donors (Lipinski definition) is 2. The zero-order valence-electron chi connectivity index (χ0n) is 11.5. The predicted molar refractivity (Wildman–Crippen MR) is 82.3 cm³/mol. The minimum atomic E-state index is -0.253. The van der Waals surface area contributed by atoms with Crippen LogP contribution < -0.4 is 16.6 Å². The number of anilines is 2. The maximum Gasteiger partial charge on any atom is 0.266 e. The van der Waals surface area contributed by atoms with Gasteiger partial charge in [-0.3, -0.25) is 9.59 Å². The molecule has 2 aromatic rings. The molecule has 6 nitrogen and oxygen atoms in total. The summed E-state index contributed by atoms with van der Waals surface area (Å²) in [4.78, 5) is 23.4. The number of nitrogens with zero attached hydrogens (tertiary/aromatic N) is 2. The topological polar surface area (TPSA) is 90.0 Å². The van der Waals surface area contributed by atoms with Crippen molar-refractivity contribution in [2.75, 3.05) is 11.1 Å². The summed E-state index contributed by atoms with van der Waals surface area (Å²) in [5, 5.41) is 7.10. The first-order chi connectivity index (χ1) is 9.95. The molecule has 0 aliphatic rings. The molecule has 3 N–H and O–H groups in total. The average molecular weight is 307 g/mol. The lowest BCUT2D eigenvalue weighted by Gasteiger charge is -2.08. The highest BCUT2D eigenvalue weighted by molar-refractivity contribution is 6.34. The largest absolute Gasteiger partial charge is 0.399 e. The average Bonchev–Trinajstić information content (AvgIpc) is 2.43. The van der Waals surface area contributed by atoms with Gasteiger partial charge in [0.2, 0.25) is 5.91 Å². The zero-order valence-corrected chi connectivity index (χ0v) is 12.2. The van der Waals surface area contributed by atoms with Gasteiger partial charge in [-0.1, -0.05) is 11.6 Å². The van der Waals surface area contributed by atoms with E-state index in [-0.39, 0.29) is 24.4 Å². The fourth-order valence-corrected chi connectivity index (χ4v) is 2.00. The molecular weight excluding hydrogens is 292 g/mol. The molecule has 0 saturated carbocycles. The molecule has 2 rings (SSSR count). The molecule has 110 valence electrons. The Labute approximate surface area is 126 Å². The van der Waals surface area contributed by atoms with Crippen molar-refractivity contribution >= 4 is 28.9 Å². The van der Waals surface area contributed by atoms with E-state index in [4.69, 9.17) is 17.3 Å². The molecule has 0 aliphatic heterocycles. The molecule has 0 saturated heterocycles. The van der Waals surface area contributed by atoms with E-state index in [1.807, 2.05) is 0 Å². The molecule has 0 bridgehead atoms. The molecule has 0 spiro atoms. The Balaban J connectivity index is 1.99. The third-order valence-electron chi connectivity index (χ3n) is 2.82. The molecule has 1 aromatic heterocycles. The van der Waals surface area contributed by atoms with Crippen molar-refractivity contribution in [2.45, 2.75) is 19.9 Å². The number of nitrogen functional groups attached to an aromatic ring is 1. The quantitative estimate of drug-likeness (QED) is 0.843. The van der Waals surface area contributed by atoms with Gasteiger partial charge in [0.05, 0.1) is 22.9 Å². The Morgan fingerprint density at radius 3 is 2.86 bits per heavy atom. The van der Waals surface area contributed by atoms with E-state index >= 15 is 0 Å². The first kappa shape index (κ1) is 15.1. The minimum Gasteiger partial charge on any atom is -0.399 e. The number of aryl methyl sites for hydroxylation is 2. The van der Waals surface area contributed by atoms with Crippen molar-refractivity contribution in [1.29, 1.82) is 0 Å². The summed E-state index contributed by atoms with van der Waals surface area (Å²) in [5.74, 6) is -0.253. The lowest BCUT2D eigenvalue weighted by Crippen LogP contribution is -2.25. The highest BCUT2D eigenvalue weighted by Crippen LogP contribution is 2.24. The molecular formula is C14H15ClN4O2. The van der Waals surface area contributed by atoms with Crippen LogP contribution in [-0.4, -0.2) is 15.7 Å². The maximum atomic E-state index is 11.9. The lowest BCUT2D eigenvalue weighted by molar-refractivity contribution is -0.116. The third-order valence-corrected chi connectivity index (χ3v) is 3.13. The first-order valence-electron chi connectivity index (χ1n) is 6.35. The summed E-state index contributed by atoms with van der Waals surface area (Å²) in [5.41, 5.74) is 7.07. The number of nitrogens with two attached hydrogens (primary N) is 1. The van der Waals surface area contributed by atoms with Crippen LogP contribution in [0.2, 0.25) is 5.02 Å². The van der Waals surface area contributed by atoms with E-state index < -0.39 is 0 Å². The smallest absolute Gasteiger partial charge is 0.266 e. The van der Waals surface area contributed by atoms with Gasteiger partial charge in [-0.25, -0.2) is 4.68 Å². The number of hydrogen-bond acceptors (Lipinski definition) is 4. The number of halogens is 1. The zero-order chi connectivity index (χ0) is 15.4. The Kier molecular flexibility index (Phi) is 4.59. The summed E-state index contributed by atoms with van der Waals surface area (Å²) < 4.78 is 1.26. The highest BCUT2D eigenvalue weighted by atomic mass is 35.5. The van der Waals surface area contributed by atoms with Crippen LogP contribution in [0.5, 0.6) is 0 Å². The van der Waals surface area contributed by atoms with Crippen molar-refractivity contribution in [3.8, 4) is 0 Å². The van der Waals surface area contributed by atoms with Gasteiger partial charge in [0.25, 0.3) is 5.56 Å². The Hall–Kier alpha value is -2.34. The fraction of sp³-hybridized carbons (Fsp3) is 0.214. The van der Waals surface area contributed by atoms with E-state index in [1.54, 1.807) is 31.2 Å². The molecule has 1 amide bonds. The van der Waals surface area contributed by atoms with Gasteiger partial charge in [0.1, 0.15) is 0 Å². The normalized spacial score (nSPS) is 10.4. The van der Waals surface area contributed by atoms with E-state index in [0.29, 0.717) is 16.4 Å². The van der Waals surface area contributed by atoms with Crippen molar-refractivity contribution in [3.63, 3.8) is 0 Å². The fourth-order valence-electron chi connectivity index (χ4n) is 1.76. The minimum absolute atomic E-state index is 0.122. The molecule has 0 unspecified atom stereocenters. The van der Waals surface area contributed by atoms with Crippen LogP contribution in [0.15, 0.2) is 35.1 Å². The number of carbonyl (C=O) groups excluding carboxylic acids is 1. The van der Waals surface area contributed by atoms with Crippen molar-refractivity contribution < 1.29 is 4.79 Å².